The van der Waals surface area contributed by atoms with Gasteiger partial charge in [0.05, 0.1) is 11.5 Å². The molecule has 0 unspecified atom stereocenters. The monoisotopic (exact) mass is 276 g/mol. The fourth-order valence-corrected chi connectivity index (χ4v) is 3.32. The Morgan fingerprint density at radius 1 is 1.21 bits per heavy atom. The van der Waals surface area contributed by atoms with E-state index in [1.54, 1.807) is 18.4 Å². The fourth-order valence-electron chi connectivity index (χ4n) is 2.30. The average molecular weight is 276 g/mol. The van der Waals surface area contributed by atoms with Crippen LogP contribution in [-0.4, -0.2) is 25.2 Å². The van der Waals surface area contributed by atoms with Crippen LogP contribution in [0.25, 0.3) is 10.4 Å². The van der Waals surface area contributed by atoms with Crippen molar-refractivity contribution in [3.05, 3.63) is 35.0 Å². The third-order valence-electron chi connectivity index (χ3n) is 3.01. The van der Waals surface area contributed by atoms with Crippen LogP contribution in [0.1, 0.15) is 16.7 Å². The third kappa shape index (κ3) is 3.33. The molecule has 1 heterocycles. The second kappa shape index (κ2) is 6.17. The zero-order chi connectivity index (χ0) is 13.8. The van der Waals surface area contributed by atoms with Crippen LogP contribution in [0.15, 0.2) is 18.3 Å². The first-order valence-electron chi connectivity index (χ1n) is 6.38. The molecule has 0 saturated heterocycles. The van der Waals surface area contributed by atoms with Gasteiger partial charge >= 0.3 is 0 Å². The van der Waals surface area contributed by atoms with Gasteiger partial charge in [0.1, 0.15) is 0 Å². The normalized spacial score (nSPS) is 10.7. The van der Waals surface area contributed by atoms with Gasteiger partial charge in [0, 0.05) is 19.9 Å². The number of thiazole rings is 1. The summed E-state index contributed by atoms with van der Waals surface area (Å²) in [5.41, 5.74) is 5.23. The van der Waals surface area contributed by atoms with Gasteiger partial charge < -0.3 is 10.1 Å². The van der Waals surface area contributed by atoms with E-state index in [9.17, 15) is 0 Å². The molecule has 0 spiro atoms. The molecule has 19 heavy (non-hydrogen) atoms. The lowest BCUT2D eigenvalue weighted by atomic mass is 9.99. The number of benzene rings is 1. The van der Waals surface area contributed by atoms with Gasteiger partial charge in [-0.2, -0.15) is 0 Å². The predicted molar refractivity (Wildman–Crippen MR) is 82.1 cm³/mol. The number of nitrogens with zero attached hydrogens (tertiary/aromatic N) is 1. The molecule has 0 amide bonds. The van der Waals surface area contributed by atoms with E-state index in [1.165, 1.54) is 27.1 Å². The standard InChI is InChI=1S/C15H20N2OS/c1-10-7-11(2)14(12(3)8-10)13-9-17-15(19-13)16-5-6-18-4/h7-9H,5-6H2,1-4H3,(H,16,17). The van der Waals surface area contributed by atoms with Gasteiger partial charge in [-0.25, -0.2) is 4.98 Å². The molecule has 0 atom stereocenters. The Morgan fingerprint density at radius 2 is 1.89 bits per heavy atom. The van der Waals surface area contributed by atoms with Crippen molar-refractivity contribution in [1.29, 1.82) is 0 Å². The zero-order valence-corrected chi connectivity index (χ0v) is 12.7. The Kier molecular flexibility index (Phi) is 4.56. The van der Waals surface area contributed by atoms with E-state index in [4.69, 9.17) is 4.74 Å². The average Bonchev–Trinajstić information content (AvgIpc) is 2.76. The van der Waals surface area contributed by atoms with E-state index in [2.05, 4.69) is 43.2 Å². The number of ether oxygens (including phenoxy) is 1. The predicted octanol–water partition coefficient (Wildman–Crippen LogP) is 3.79. The van der Waals surface area contributed by atoms with E-state index >= 15 is 0 Å². The van der Waals surface area contributed by atoms with Gasteiger partial charge in [-0.15, -0.1) is 0 Å². The molecule has 0 aliphatic carbocycles. The Balaban J connectivity index is 2.23. The molecule has 3 nitrogen and oxygen atoms in total. The maximum Gasteiger partial charge on any atom is 0.183 e. The fraction of sp³-hybridized carbons (Fsp3) is 0.400. The minimum atomic E-state index is 0.692. The molecule has 1 N–H and O–H groups in total. The smallest absolute Gasteiger partial charge is 0.183 e. The maximum atomic E-state index is 5.02. The summed E-state index contributed by atoms with van der Waals surface area (Å²) in [7, 11) is 1.70. The Labute approximate surface area is 118 Å². The van der Waals surface area contributed by atoms with Crippen molar-refractivity contribution in [3.63, 3.8) is 0 Å². The van der Waals surface area contributed by atoms with Crippen LogP contribution < -0.4 is 5.32 Å². The second-order valence-electron chi connectivity index (χ2n) is 4.72. The van der Waals surface area contributed by atoms with Crippen molar-refractivity contribution in [1.82, 2.24) is 4.98 Å². The summed E-state index contributed by atoms with van der Waals surface area (Å²) in [5.74, 6) is 0. The summed E-state index contributed by atoms with van der Waals surface area (Å²) in [4.78, 5) is 5.64. The van der Waals surface area contributed by atoms with Crippen molar-refractivity contribution in [2.45, 2.75) is 20.8 Å². The van der Waals surface area contributed by atoms with Gasteiger partial charge in [0.15, 0.2) is 5.13 Å². The van der Waals surface area contributed by atoms with Gasteiger partial charge in [0.2, 0.25) is 0 Å². The molecular formula is C15H20N2OS. The topological polar surface area (TPSA) is 34.1 Å². The molecule has 0 bridgehead atoms. The van der Waals surface area contributed by atoms with Crippen LogP contribution in [0.2, 0.25) is 0 Å². The summed E-state index contributed by atoms with van der Waals surface area (Å²) >= 11 is 1.69. The highest BCUT2D eigenvalue weighted by atomic mass is 32.1. The van der Waals surface area contributed by atoms with E-state index in [0.29, 0.717) is 6.61 Å². The molecule has 2 aromatic rings. The zero-order valence-electron chi connectivity index (χ0n) is 11.9. The number of hydrogen-bond acceptors (Lipinski definition) is 4. The Morgan fingerprint density at radius 3 is 2.53 bits per heavy atom. The highest BCUT2D eigenvalue weighted by molar-refractivity contribution is 7.18. The van der Waals surface area contributed by atoms with Gasteiger partial charge in [-0.05, 0) is 37.5 Å². The van der Waals surface area contributed by atoms with E-state index in [1.807, 2.05) is 6.20 Å². The molecule has 0 fully saturated rings. The molecule has 1 aromatic heterocycles. The lowest BCUT2D eigenvalue weighted by Gasteiger charge is -2.08. The molecular weight excluding hydrogens is 256 g/mol. The van der Waals surface area contributed by atoms with Crippen LogP contribution >= 0.6 is 11.3 Å². The summed E-state index contributed by atoms with van der Waals surface area (Å²) < 4.78 is 5.02. The number of nitrogens with one attached hydrogen (secondary N) is 1. The van der Waals surface area contributed by atoms with Crippen molar-refractivity contribution in [2.24, 2.45) is 0 Å². The second-order valence-corrected chi connectivity index (χ2v) is 5.75. The first-order valence-corrected chi connectivity index (χ1v) is 7.20. The summed E-state index contributed by atoms with van der Waals surface area (Å²) in [5, 5.41) is 4.22. The lowest BCUT2D eigenvalue weighted by Crippen LogP contribution is -2.06. The molecule has 2 rings (SSSR count). The largest absolute Gasteiger partial charge is 0.383 e. The van der Waals surface area contributed by atoms with Gasteiger partial charge in [-0.3, -0.25) is 0 Å². The van der Waals surface area contributed by atoms with Crippen molar-refractivity contribution in [2.75, 3.05) is 25.6 Å². The van der Waals surface area contributed by atoms with Crippen molar-refractivity contribution >= 4 is 16.5 Å². The van der Waals surface area contributed by atoms with Gasteiger partial charge in [0.25, 0.3) is 0 Å². The molecule has 102 valence electrons. The minimum Gasteiger partial charge on any atom is -0.383 e. The van der Waals surface area contributed by atoms with E-state index < -0.39 is 0 Å². The van der Waals surface area contributed by atoms with Gasteiger partial charge in [-0.1, -0.05) is 29.0 Å². The molecule has 1 aromatic carbocycles. The molecule has 0 aliphatic heterocycles. The SMILES string of the molecule is COCCNc1ncc(-c2c(C)cc(C)cc2C)s1. The minimum absolute atomic E-state index is 0.692. The molecule has 0 radical (unpaired) electrons. The highest BCUT2D eigenvalue weighted by Gasteiger charge is 2.10. The summed E-state index contributed by atoms with van der Waals surface area (Å²) in [6.45, 7) is 7.93. The first-order chi connectivity index (χ1) is 9.11. The molecule has 0 aliphatic rings. The van der Waals surface area contributed by atoms with Crippen LogP contribution in [0.4, 0.5) is 5.13 Å². The maximum absolute atomic E-state index is 5.02. The molecule has 0 saturated carbocycles. The number of anilines is 1. The van der Waals surface area contributed by atoms with E-state index in [-0.39, 0.29) is 0 Å². The summed E-state index contributed by atoms with van der Waals surface area (Å²) in [6.07, 6.45) is 1.95. The first kappa shape index (κ1) is 14.0. The number of hydrogen-bond donors (Lipinski definition) is 1. The number of aromatic nitrogens is 1. The number of methoxy groups -OCH3 is 1. The van der Waals surface area contributed by atoms with Crippen LogP contribution in [-0.2, 0) is 4.74 Å². The Bertz CT molecular complexity index is 540. The lowest BCUT2D eigenvalue weighted by molar-refractivity contribution is 0.211. The third-order valence-corrected chi connectivity index (χ3v) is 3.98. The summed E-state index contributed by atoms with van der Waals surface area (Å²) in [6, 6.07) is 4.44. The molecule has 4 heteroatoms. The number of aryl methyl sites for hydroxylation is 3. The van der Waals surface area contributed by atoms with E-state index in [0.717, 1.165) is 11.7 Å². The highest BCUT2D eigenvalue weighted by Crippen LogP contribution is 2.34. The van der Waals surface area contributed by atoms with Crippen molar-refractivity contribution in [3.8, 4) is 10.4 Å². The van der Waals surface area contributed by atoms with Crippen LogP contribution in [0.5, 0.6) is 0 Å². The van der Waals surface area contributed by atoms with Crippen LogP contribution in [0.3, 0.4) is 0 Å². The number of rotatable bonds is 5. The van der Waals surface area contributed by atoms with Crippen LogP contribution in [0, 0.1) is 20.8 Å². The van der Waals surface area contributed by atoms with Crippen molar-refractivity contribution < 1.29 is 4.74 Å². The quantitative estimate of drug-likeness (QED) is 0.844. The Hall–Kier alpha value is -1.39.